The first-order valence-corrected chi connectivity index (χ1v) is 7.46. The SMILES string of the molecule is CC(O)(CC(=O)N1CC(Nc2ccc(F)cc2)C1)C1CC1. The highest BCUT2D eigenvalue weighted by atomic mass is 19.1. The summed E-state index contributed by atoms with van der Waals surface area (Å²) >= 11 is 0. The van der Waals surface area contributed by atoms with Crippen LogP contribution in [0.25, 0.3) is 0 Å². The van der Waals surface area contributed by atoms with Gasteiger partial charge in [0.05, 0.1) is 18.1 Å². The third-order valence-corrected chi connectivity index (χ3v) is 4.42. The molecule has 114 valence electrons. The molecule has 1 aliphatic carbocycles. The molecule has 1 heterocycles. The van der Waals surface area contributed by atoms with Gasteiger partial charge >= 0.3 is 0 Å². The van der Waals surface area contributed by atoms with Crippen molar-refractivity contribution in [2.75, 3.05) is 18.4 Å². The smallest absolute Gasteiger partial charge is 0.225 e. The van der Waals surface area contributed by atoms with E-state index < -0.39 is 5.60 Å². The van der Waals surface area contributed by atoms with E-state index in [1.54, 1.807) is 24.0 Å². The van der Waals surface area contributed by atoms with Crippen LogP contribution >= 0.6 is 0 Å². The van der Waals surface area contributed by atoms with E-state index in [2.05, 4.69) is 5.32 Å². The minimum atomic E-state index is -0.855. The lowest BCUT2D eigenvalue weighted by atomic mass is 9.94. The second kappa shape index (κ2) is 5.30. The summed E-state index contributed by atoms with van der Waals surface area (Å²) in [4.78, 5) is 13.9. The van der Waals surface area contributed by atoms with Crippen LogP contribution in [-0.2, 0) is 4.79 Å². The van der Waals surface area contributed by atoms with Crippen LogP contribution in [0.3, 0.4) is 0 Å². The van der Waals surface area contributed by atoms with Crippen LogP contribution in [0.1, 0.15) is 26.2 Å². The Hall–Kier alpha value is -1.62. The number of rotatable bonds is 5. The summed E-state index contributed by atoms with van der Waals surface area (Å²) in [6.45, 7) is 3.03. The number of hydrogen-bond acceptors (Lipinski definition) is 3. The molecule has 1 aromatic rings. The Bertz CT molecular complexity index is 520. The minimum absolute atomic E-state index is 0.0176. The van der Waals surface area contributed by atoms with Crippen LogP contribution < -0.4 is 5.32 Å². The maximum absolute atomic E-state index is 12.8. The number of carbonyl (C=O) groups is 1. The van der Waals surface area contributed by atoms with Crippen molar-refractivity contribution < 1.29 is 14.3 Å². The van der Waals surface area contributed by atoms with Gasteiger partial charge in [-0.05, 0) is 49.9 Å². The predicted octanol–water partition coefficient (Wildman–Crippen LogP) is 2.00. The van der Waals surface area contributed by atoms with Gasteiger partial charge in [-0.15, -0.1) is 0 Å². The molecular weight excluding hydrogens is 271 g/mol. The van der Waals surface area contributed by atoms with Crippen LogP contribution in [-0.4, -0.2) is 40.6 Å². The van der Waals surface area contributed by atoms with Crippen molar-refractivity contribution in [1.29, 1.82) is 0 Å². The Labute approximate surface area is 124 Å². The zero-order chi connectivity index (χ0) is 15.0. The third kappa shape index (κ3) is 3.35. The fourth-order valence-corrected chi connectivity index (χ4v) is 2.82. The van der Waals surface area contributed by atoms with Crippen molar-refractivity contribution in [3.63, 3.8) is 0 Å². The maximum atomic E-state index is 12.8. The van der Waals surface area contributed by atoms with E-state index in [0.29, 0.717) is 13.1 Å². The third-order valence-electron chi connectivity index (χ3n) is 4.42. The molecule has 4 nitrogen and oxygen atoms in total. The van der Waals surface area contributed by atoms with Crippen molar-refractivity contribution in [2.45, 2.75) is 37.8 Å². The highest BCUT2D eigenvalue weighted by molar-refractivity contribution is 5.78. The van der Waals surface area contributed by atoms with Crippen molar-refractivity contribution in [3.05, 3.63) is 30.1 Å². The van der Waals surface area contributed by atoms with Crippen molar-refractivity contribution in [3.8, 4) is 0 Å². The number of benzene rings is 1. The standard InChI is InChI=1S/C16H21FN2O2/c1-16(21,11-2-3-11)8-15(20)19-9-14(10-19)18-13-6-4-12(17)5-7-13/h4-7,11,14,18,21H,2-3,8-10H2,1H3. The monoisotopic (exact) mass is 292 g/mol. The van der Waals surface area contributed by atoms with Gasteiger partial charge in [0.15, 0.2) is 0 Å². The lowest BCUT2D eigenvalue weighted by Gasteiger charge is -2.41. The molecule has 2 N–H and O–H groups in total. The lowest BCUT2D eigenvalue weighted by molar-refractivity contribution is -0.140. The van der Waals surface area contributed by atoms with Gasteiger partial charge in [-0.25, -0.2) is 4.39 Å². The van der Waals surface area contributed by atoms with Gasteiger partial charge in [0, 0.05) is 18.8 Å². The molecule has 1 atom stereocenters. The Morgan fingerprint density at radius 3 is 2.57 bits per heavy atom. The lowest BCUT2D eigenvalue weighted by Crippen LogP contribution is -2.58. The van der Waals surface area contributed by atoms with Gasteiger partial charge in [-0.2, -0.15) is 0 Å². The first kappa shape index (κ1) is 14.3. The number of amides is 1. The summed E-state index contributed by atoms with van der Waals surface area (Å²) in [6, 6.07) is 6.41. The summed E-state index contributed by atoms with van der Waals surface area (Å²) in [7, 11) is 0. The molecule has 1 unspecified atom stereocenters. The van der Waals surface area contributed by atoms with E-state index in [4.69, 9.17) is 0 Å². The van der Waals surface area contributed by atoms with E-state index in [0.717, 1.165) is 18.5 Å². The van der Waals surface area contributed by atoms with E-state index in [1.165, 1.54) is 12.1 Å². The molecule has 2 aliphatic rings. The fourth-order valence-electron chi connectivity index (χ4n) is 2.82. The molecule has 1 amide bonds. The molecule has 0 aromatic heterocycles. The van der Waals surface area contributed by atoms with Gasteiger partial charge in [0.1, 0.15) is 5.82 Å². The maximum Gasteiger partial charge on any atom is 0.225 e. The van der Waals surface area contributed by atoms with Gasteiger partial charge in [0.2, 0.25) is 5.91 Å². The van der Waals surface area contributed by atoms with E-state index in [1.807, 2.05) is 0 Å². The van der Waals surface area contributed by atoms with E-state index >= 15 is 0 Å². The number of nitrogens with one attached hydrogen (secondary N) is 1. The van der Waals surface area contributed by atoms with Crippen molar-refractivity contribution >= 4 is 11.6 Å². The number of nitrogens with zero attached hydrogens (tertiary/aromatic N) is 1. The van der Waals surface area contributed by atoms with Gasteiger partial charge in [-0.1, -0.05) is 0 Å². The summed E-state index contributed by atoms with van der Waals surface area (Å²) in [6.07, 6.45) is 2.25. The highest BCUT2D eigenvalue weighted by Crippen LogP contribution is 2.41. The molecule has 1 aromatic carbocycles. The first-order valence-electron chi connectivity index (χ1n) is 7.46. The molecule has 1 saturated heterocycles. The van der Waals surface area contributed by atoms with Gasteiger partial charge < -0.3 is 15.3 Å². The van der Waals surface area contributed by atoms with Crippen LogP contribution in [0.4, 0.5) is 10.1 Å². The summed E-state index contributed by atoms with van der Waals surface area (Å²) < 4.78 is 12.8. The predicted molar refractivity (Wildman–Crippen MR) is 78.4 cm³/mol. The number of likely N-dealkylation sites (tertiary alicyclic amines) is 1. The average molecular weight is 292 g/mol. The van der Waals surface area contributed by atoms with Crippen LogP contribution in [0.15, 0.2) is 24.3 Å². The van der Waals surface area contributed by atoms with Crippen LogP contribution in [0, 0.1) is 11.7 Å². The van der Waals surface area contributed by atoms with Crippen LogP contribution in [0.5, 0.6) is 0 Å². The number of halogens is 1. The first-order chi connectivity index (χ1) is 9.94. The van der Waals surface area contributed by atoms with E-state index in [-0.39, 0.29) is 30.1 Å². The van der Waals surface area contributed by atoms with Crippen LogP contribution in [0.2, 0.25) is 0 Å². The Balaban J connectivity index is 1.44. The quantitative estimate of drug-likeness (QED) is 0.873. The molecule has 5 heteroatoms. The summed E-state index contributed by atoms with van der Waals surface area (Å²) in [5.41, 5.74) is 0.00509. The fraction of sp³-hybridized carbons (Fsp3) is 0.562. The number of anilines is 1. The Morgan fingerprint density at radius 2 is 2.00 bits per heavy atom. The molecule has 0 bridgehead atoms. The van der Waals surface area contributed by atoms with Crippen molar-refractivity contribution in [1.82, 2.24) is 4.90 Å². The molecule has 0 spiro atoms. The molecular formula is C16H21FN2O2. The molecule has 2 fully saturated rings. The Kier molecular flexibility index (Phi) is 3.61. The Morgan fingerprint density at radius 1 is 1.38 bits per heavy atom. The number of hydrogen-bond donors (Lipinski definition) is 2. The zero-order valence-electron chi connectivity index (χ0n) is 12.2. The zero-order valence-corrected chi connectivity index (χ0v) is 12.2. The van der Waals surface area contributed by atoms with Gasteiger partial charge in [0.25, 0.3) is 0 Å². The van der Waals surface area contributed by atoms with Crippen molar-refractivity contribution in [2.24, 2.45) is 5.92 Å². The molecule has 1 saturated carbocycles. The summed E-state index contributed by atoms with van der Waals surface area (Å²) in [5, 5.41) is 13.5. The second-order valence-electron chi connectivity index (χ2n) is 6.46. The average Bonchev–Trinajstić information content (AvgIpc) is 3.19. The second-order valence-corrected chi connectivity index (χ2v) is 6.46. The van der Waals surface area contributed by atoms with Gasteiger partial charge in [-0.3, -0.25) is 4.79 Å². The molecule has 0 radical (unpaired) electrons. The topological polar surface area (TPSA) is 52.6 Å². The van der Waals surface area contributed by atoms with E-state index in [9.17, 15) is 14.3 Å². The molecule has 3 rings (SSSR count). The normalized spacial score (nSPS) is 21.6. The summed E-state index contributed by atoms with van der Waals surface area (Å²) in [5.74, 6) is 0.0493. The number of aliphatic hydroxyl groups is 1. The highest BCUT2D eigenvalue weighted by Gasteiger charge is 2.43. The minimum Gasteiger partial charge on any atom is -0.389 e. The largest absolute Gasteiger partial charge is 0.389 e. The number of carbonyl (C=O) groups excluding carboxylic acids is 1. The molecule has 21 heavy (non-hydrogen) atoms. The molecule has 1 aliphatic heterocycles.